The van der Waals surface area contributed by atoms with Crippen molar-refractivity contribution in [3.63, 3.8) is 0 Å². The molecule has 3 heterocycles. The van der Waals surface area contributed by atoms with Crippen LogP contribution in [0.5, 0.6) is 0 Å². The molecule has 3 aliphatic carbocycles. The maximum Gasteiger partial charge on any atom is 0.155 e. The van der Waals surface area contributed by atoms with E-state index >= 15 is 0 Å². The number of hydrogen-bond donors (Lipinski definition) is 0. The van der Waals surface area contributed by atoms with E-state index in [1.54, 1.807) is 0 Å². The Bertz CT molecular complexity index is 3470. The fourth-order valence-corrected chi connectivity index (χ4v) is 11.2. The monoisotopic (exact) mass is 807 g/mol. The number of aromatic nitrogens is 1. The van der Waals surface area contributed by atoms with Gasteiger partial charge < -0.3 is 4.42 Å². The number of pyridine rings is 1. The zero-order chi connectivity index (χ0) is 41.5. The second-order valence-corrected chi connectivity index (χ2v) is 17.1. The first-order valence-electron chi connectivity index (χ1n) is 22.2. The maximum absolute atomic E-state index is 6.44. The predicted molar refractivity (Wildman–Crippen MR) is 256 cm³/mol. The molecule has 13 rings (SSSR count). The molecule has 7 aromatic carbocycles. The Morgan fingerprint density at radius 1 is 0.540 bits per heavy atom. The first-order valence-corrected chi connectivity index (χ1v) is 22.2. The van der Waals surface area contributed by atoms with Crippen molar-refractivity contribution in [3.05, 3.63) is 232 Å². The molecule has 0 N–H and O–H groups in total. The Labute approximate surface area is 366 Å². The maximum atomic E-state index is 6.44. The Morgan fingerprint density at radius 3 is 1.98 bits per heavy atom. The summed E-state index contributed by atoms with van der Waals surface area (Å²) in [6.07, 6.45) is 7.88. The molecule has 4 aliphatic rings. The van der Waals surface area contributed by atoms with Gasteiger partial charge in [-0.1, -0.05) is 170 Å². The minimum absolute atomic E-state index is 0.0984. The van der Waals surface area contributed by atoms with Crippen LogP contribution in [0.1, 0.15) is 65.1 Å². The van der Waals surface area contributed by atoms with Crippen LogP contribution in [0.25, 0.3) is 67.3 Å². The van der Waals surface area contributed by atoms with E-state index < -0.39 is 5.41 Å². The Morgan fingerprint density at radius 2 is 1.19 bits per heavy atom. The number of hydrogen-bond acceptors (Lipinski definition) is 4. The number of furan rings is 1. The fraction of sp³-hybridized carbons (Fsp3) is 0.102. The largest absolute Gasteiger partial charge is 0.456 e. The number of aliphatic imine (C=N–C) groups is 2. The number of amidine groups is 1. The van der Waals surface area contributed by atoms with Gasteiger partial charge in [-0.05, 0) is 98.7 Å². The van der Waals surface area contributed by atoms with Crippen molar-refractivity contribution >= 4 is 34.2 Å². The van der Waals surface area contributed by atoms with Crippen molar-refractivity contribution < 1.29 is 4.42 Å². The molecule has 0 fully saturated rings. The van der Waals surface area contributed by atoms with Crippen molar-refractivity contribution in [2.24, 2.45) is 9.98 Å². The van der Waals surface area contributed by atoms with Crippen LogP contribution in [0.3, 0.4) is 0 Å². The molecule has 1 atom stereocenters. The van der Waals surface area contributed by atoms with Gasteiger partial charge in [0.05, 0.1) is 17.2 Å². The van der Waals surface area contributed by atoms with E-state index in [1.807, 2.05) is 18.3 Å². The second kappa shape index (κ2) is 14.2. The van der Waals surface area contributed by atoms with E-state index in [-0.39, 0.29) is 6.04 Å². The standard InChI is InChI=1S/C59H41N3O/c1-2-16-39(17-3-1)58-61-51(36-52(62-58)44-21-7-13-30-54-56(44)45-22-8-12-29-53(45)63-54)38-33-31-37(32-34-38)40-24-15-35-60-57(40)46-23-14-28-50-55(46)43-20-6-11-27-49(43)59(50)47-25-9-4-18-41(47)42-19-5-10-26-48(42)59/h1-6,8-12,14-20,22-35,51H,7,13,21,36H2. The van der Waals surface area contributed by atoms with Crippen LogP contribution >= 0.6 is 0 Å². The molecule has 4 nitrogen and oxygen atoms in total. The van der Waals surface area contributed by atoms with Crippen molar-refractivity contribution in [3.8, 4) is 44.6 Å². The molecule has 0 saturated carbocycles. The van der Waals surface area contributed by atoms with Gasteiger partial charge in [-0.2, -0.15) is 0 Å². The van der Waals surface area contributed by atoms with Crippen LogP contribution in [-0.2, 0) is 5.41 Å². The van der Waals surface area contributed by atoms with Crippen molar-refractivity contribution in [2.45, 2.75) is 37.1 Å². The van der Waals surface area contributed by atoms with E-state index in [9.17, 15) is 0 Å². The zero-order valence-corrected chi connectivity index (χ0v) is 34.6. The summed E-state index contributed by atoms with van der Waals surface area (Å²) < 4.78 is 6.44. The van der Waals surface area contributed by atoms with Crippen LogP contribution in [0.2, 0.25) is 0 Å². The molecular weight excluding hydrogens is 767 g/mol. The summed E-state index contributed by atoms with van der Waals surface area (Å²) in [5.41, 5.74) is 20.9. The minimum Gasteiger partial charge on any atom is -0.456 e. The van der Waals surface area contributed by atoms with E-state index in [1.165, 1.54) is 55.3 Å². The van der Waals surface area contributed by atoms with E-state index in [0.29, 0.717) is 6.42 Å². The normalized spacial score (nSPS) is 16.6. The van der Waals surface area contributed by atoms with Gasteiger partial charge in [0.2, 0.25) is 0 Å². The Kier molecular flexibility index (Phi) is 8.11. The van der Waals surface area contributed by atoms with Gasteiger partial charge in [-0.3, -0.25) is 9.98 Å². The predicted octanol–water partition coefficient (Wildman–Crippen LogP) is 12.7. The average molecular weight is 808 g/mol. The van der Waals surface area contributed by atoms with Gasteiger partial charge in [0.25, 0.3) is 0 Å². The smallest absolute Gasteiger partial charge is 0.155 e. The highest BCUT2D eigenvalue weighted by Gasteiger charge is 2.52. The molecule has 2 aromatic heterocycles. The zero-order valence-electron chi connectivity index (χ0n) is 34.6. The molecule has 298 valence electrons. The highest BCUT2D eigenvalue weighted by molar-refractivity contribution is 6.25. The van der Waals surface area contributed by atoms with Crippen LogP contribution < -0.4 is 10.6 Å². The second-order valence-electron chi connectivity index (χ2n) is 17.1. The first-order chi connectivity index (χ1) is 31.3. The average Bonchev–Trinajstić information content (AvgIpc) is 3.92. The molecule has 0 bridgehead atoms. The fourth-order valence-electron chi connectivity index (χ4n) is 11.2. The Hall–Kier alpha value is -7.69. The number of para-hydroxylation sites is 1. The van der Waals surface area contributed by atoms with Crippen LogP contribution in [0.4, 0.5) is 0 Å². The number of benzene rings is 7. The quantitative estimate of drug-likeness (QED) is 0.174. The highest BCUT2D eigenvalue weighted by atomic mass is 16.3. The van der Waals surface area contributed by atoms with Gasteiger partial charge in [0, 0.05) is 45.6 Å². The first kappa shape index (κ1) is 36.0. The number of fused-ring (bicyclic) bond motifs is 13. The van der Waals surface area contributed by atoms with Gasteiger partial charge in [0.15, 0.2) is 5.84 Å². The molecule has 9 aromatic rings. The molecule has 1 aliphatic heterocycles. The third-order valence-corrected chi connectivity index (χ3v) is 13.9. The topological polar surface area (TPSA) is 50.8 Å². The lowest BCUT2D eigenvalue weighted by atomic mass is 9.70. The summed E-state index contributed by atoms with van der Waals surface area (Å²) in [7, 11) is 0. The Balaban J connectivity index is 0.923. The van der Waals surface area contributed by atoms with Crippen LogP contribution in [-0.4, -0.2) is 16.5 Å². The van der Waals surface area contributed by atoms with Crippen molar-refractivity contribution in [1.29, 1.82) is 0 Å². The van der Waals surface area contributed by atoms with E-state index in [2.05, 4.69) is 176 Å². The third-order valence-electron chi connectivity index (χ3n) is 13.9. The molecule has 1 spiro atoms. The molecule has 0 saturated heterocycles. The lowest BCUT2D eigenvalue weighted by Gasteiger charge is -2.30. The van der Waals surface area contributed by atoms with Crippen molar-refractivity contribution in [2.75, 3.05) is 0 Å². The molecular formula is C59H41N3O. The summed E-state index contributed by atoms with van der Waals surface area (Å²) in [6.45, 7) is 0. The van der Waals surface area contributed by atoms with E-state index in [0.717, 1.165) is 80.7 Å². The van der Waals surface area contributed by atoms with Gasteiger partial charge in [-0.25, -0.2) is 4.99 Å². The van der Waals surface area contributed by atoms with Crippen LogP contribution in [0, 0.1) is 0 Å². The van der Waals surface area contributed by atoms with E-state index in [4.69, 9.17) is 19.4 Å². The summed E-state index contributed by atoms with van der Waals surface area (Å²) in [5, 5.41) is 2.34. The van der Waals surface area contributed by atoms with Gasteiger partial charge in [0.1, 0.15) is 11.0 Å². The molecule has 1 unspecified atom stereocenters. The summed E-state index contributed by atoms with van der Waals surface area (Å²) in [5.74, 6) is 0.777. The third kappa shape index (κ3) is 5.37. The van der Waals surface area contributed by atoms with Gasteiger partial charge in [-0.15, -0.1) is 0 Å². The minimum atomic E-state index is -0.410. The summed E-state index contributed by atoms with van der Waals surface area (Å²) in [6, 6.07) is 65.9. The summed E-state index contributed by atoms with van der Waals surface area (Å²) >= 11 is 0. The SMILES string of the molecule is C1=c2oc3ccccc3c2=C(C2=NC(c3ccccc3)=NC(c3ccc(-c4cccnc4-c4cccc5c4-c4ccccc4C54c5ccccc5-c5ccccc54)cc3)C2)CCC1. The number of rotatable bonds is 5. The summed E-state index contributed by atoms with van der Waals surface area (Å²) in [4.78, 5) is 15.9. The molecule has 4 heteroatoms. The number of nitrogens with zero attached hydrogens (tertiary/aromatic N) is 3. The molecule has 0 amide bonds. The molecule has 0 radical (unpaired) electrons. The van der Waals surface area contributed by atoms with Gasteiger partial charge >= 0.3 is 0 Å². The van der Waals surface area contributed by atoms with Crippen molar-refractivity contribution in [1.82, 2.24) is 4.98 Å². The van der Waals surface area contributed by atoms with Crippen LogP contribution in [0.15, 0.2) is 203 Å². The lowest BCUT2D eigenvalue weighted by Crippen LogP contribution is -2.28. The lowest BCUT2D eigenvalue weighted by molar-refractivity contribution is 0.574. The molecule has 63 heavy (non-hydrogen) atoms. The highest BCUT2D eigenvalue weighted by Crippen LogP contribution is 2.64.